The predicted octanol–water partition coefficient (Wildman–Crippen LogP) is 2.74. The lowest BCUT2D eigenvalue weighted by atomic mass is 10.2. The molecule has 0 unspecified atom stereocenters. The van der Waals surface area contributed by atoms with E-state index in [0.717, 1.165) is 10.6 Å². The minimum atomic E-state index is 0.476. The van der Waals surface area contributed by atoms with Crippen LogP contribution in [0.4, 0.5) is 11.8 Å². The van der Waals surface area contributed by atoms with Crippen molar-refractivity contribution < 1.29 is 0 Å². The van der Waals surface area contributed by atoms with Crippen molar-refractivity contribution in [1.82, 2.24) is 15.2 Å². The summed E-state index contributed by atoms with van der Waals surface area (Å²) < 4.78 is 0. The van der Waals surface area contributed by atoms with Crippen LogP contribution in [0.15, 0.2) is 43.1 Å². The fourth-order valence-electron chi connectivity index (χ4n) is 1.42. The van der Waals surface area contributed by atoms with Gasteiger partial charge in [-0.3, -0.25) is 0 Å². The summed E-state index contributed by atoms with van der Waals surface area (Å²) in [4.78, 5) is 4.27. The van der Waals surface area contributed by atoms with Gasteiger partial charge in [0.15, 0.2) is 5.82 Å². The molecule has 0 aliphatic rings. The number of rotatable bonds is 6. The summed E-state index contributed by atoms with van der Waals surface area (Å²) in [7, 11) is 0. The first-order chi connectivity index (χ1) is 9.28. The number of benzene rings is 1. The number of nitrogens with zero attached hydrogens (tertiary/aromatic N) is 3. The molecule has 1 aromatic carbocycles. The van der Waals surface area contributed by atoms with Crippen LogP contribution in [-0.2, 0) is 6.54 Å². The Balaban J connectivity index is 1.95. The van der Waals surface area contributed by atoms with E-state index in [0.29, 0.717) is 24.9 Å². The highest BCUT2D eigenvalue weighted by molar-refractivity contribution is 6.30. The van der Waals surface area contributed by atoms with E-state index in [1.807, 2.05) is 24.3 Å². The van der Waals surface area contributed by atoms with Gasteiger partial charge in [0.2, 0.25) is 5.95 Å². The number of nitrogens with one attached hydrogen (secondary N) is 2. The molecule has 2 aromatic rings. The third-order valence-corrected chi connectivity index (χ3v) is 2.60. The van der Waals surface area contributed by atoms with Gasteiger partial charge in [0.1, 0.15) is 0 Å². The van der Waals surface area contributed by atoms with E-state index >= 15 is 0 Å². The Morgan fingerprint density at radius 1 is 1.21 bits per heavy atom. The highest BCUT2D eigenvalue weighted by atomic mass is 35.5. The van der Waals surface area contributed by atoms with Crippen molar-refractivity contribution in [3.63, 3.8) is 0 Å². The number of hydrogen-bond acceptors (Lipinski definition) is 5. The zero-order chi connectivity index (χ0) is 13.5. The van der Waals surface area contributed by atoms with Crippen molar-refractivity contribution in [3.8, 4) is 0 Å². The van der Waals surface area contributed by atoms with Crippen LogP contribution in [0.5, 0.6) is 0 Å². The van der Waals surface area contributed by atoms with Gasteiger partial charge >= 0.3 is 0 Å². The third-order valence-electron chi connectivity index (χ3n) is 2.35. The number of halogens is 1. The van der Waals surface area contributed by atoms with E-state index in [4.69, 9.17) is 11.6 Å². The van der Waals surface area contributed by atoms with Crippen LogP contribution in [0, 0.1) is 0 Å². The lowest BCUT2D eigenvalue weighted by Gasteiger charge is -2.06. The minimum Gasteiger partial charge on any atom is -0.365 e. The molecule has 0 saturated carbocycles. The van der Waals surface area contributed by atoms with Gasteiger partial charge in [0.25, 0.3) is 0 Å². The quantitative estimate of drug-likeness (QED) is 0.794. The second kappa shape index (κ2) is 6.70. The first-order valence-electron chi connectivity index (χ1n) is 5.81. The van der Waals surface area contributed by atoms with Crippen molar-refractivity contribution in [2.24, 2.45) is 0 Å². The van der Waals surface area contributed by atoms with E-state index in [1.165, 1.54) is 0 Å². The monoisotopic (exact) mass is 275 g/mol. The smallest absolute Gasteiger partial charge is 0.244 e. The summed E-state index contributed by atoms with van der Waals surface area (Å²) >= 11 is 5.83. The third kappa shape index (κ3) is 4.22. The summed E-state index contributed by atoms with van der Waals surface area (Å²) in [6, 6.07) is 7.59. The zero-order valence-corrected chi connectivity index (χ0v) is 11.1. The molecule has 19 heavy (non-hydrogen) atoms. The number of hydrogen-bond donors (Lipinski definition) is 2. The van der Waals surface area contributed by atoms with Crippen LogP contribution < -0.4 is 10.6 Å². The molecule has 0 bridgehead atoms. The Labute approximate surface area is 116 Å². The van der Waals surface area contributed by atoms with Gasteiger partial charge in [-0.15, -0.1) is 11.7 Å². The van der Waals surface area contributed by atoms with E-state index in [-0.39, 0.29) is 0 Å². The first-order valence-corrected chi connectivity index (χ1v) is 6.18. The average Bonchev–Trinajstić information content (AvgIpc) is 2.45. The summed E-state index contributed by atoms with van der Waals surface area (Å²) in [5.41, 5.74) is 1.09. The Kier molecular flexibility index (Phi) is 4.69. The van der Waals surface area contributed by atoms with Gasteiger partial charge in [0, 0.05) is 18.1 Å². The molecule has 0 amide bonds. The van der Waals surface area contributed by atoms with E-state index < -0.39 is 0 Å². The molecule has 0 fully saturated rings. The molecule has 98 valence electrons. The molecule has 1 aromatic heterocycles. The molecule has 2 N–H and O–H groups in total. The predicted molar refractivity (Wildman–Crippen MR) is 77.3 cm³/mol. The molecule has 0 atom stereocenters. The van der Waals surface area contributed by atoms with Crippen LogP contribution >= 0.6 is 11.6 Å². The molecule has 0 aliphatic carbocycles. The fourth-order valence-corrected chi connectivity index (χ4v) is 1.55. The lowest BCUT2D eigenvalue weighted by Crippen LogP contribution is -2.07. The Bertz CT molecular complexity index is 541. The van der Waals surface area contributed by atoms with Crippen molar-refractivity contribution in [1.29, 1.82) is 0 Å². The van der Waals surface area contributed by atoms with Gasteiger partial charge in [0.05, 0.1) is 6.20 Å². The summed E-state index contributed by atoms with van der Waals surface area (Å²) in [5, 5.41) is 14.7. The molecule has 1 heterocycles. The lowest BCUT2D eigenvalue weighted by molar-refractivity contribution is 0.944. The normalized spacial score (nSPS) is 9.95. The highest BCUT2D eigenvalue weighted by Crippen LogP contribution is 2.11. The standard InChI is InChI=1S/C13H14ClN5/c1-2-7-15-12-9-17-19-13(18-12)16-8-10-3-5-11(14)6-4-10/h2-6,9H,1,7-8H2,(H2,15,16,18,19). The van der Waals surface area contributed by atoms with Crippen molar-refractivity contribution in [2.75, 3.05) is 17.2 Å². The van der Waals surface area contributed by atoms with E-state index in [2.05, 4.69) is 32.4 Å². The minimum absolute atomic E-state index is 0.476. The van der Waals surface area contributed by atoms with Crippen LogP contribution in [-0.4, -0.2) is 21.7 Å². The summed E-state index contributed by atoms with van der Waals surface area (Å²) in [6.07, 6.45) is 3.32. The van der Waals surface area contributed by atoms with Gasteiger partial charge in [-0.2, -0.15) is 10.1 Å². The summed E-state index contributed by atoms with van der Waals surface area (Å²) in [6.45, 7) is 4.88. The Morgan fingerprint density at radius 3 is 2.74 bits per heavy atom. The second-order valence-corrected chi connectivity index (χ2v) is 4.25. The van der Waals surface area contributed by atoms with Crippen LogP contribution in [0.2, 0.25) is 5.02 Å². The SMILES string of the molecule is C=CCNc1cnnc(NCc2ccc(Cl)cc2)n1. The molecular weight excluding hydrogens is 262 g/mol. The zero-order valence-electron chi connectivity index (χ0n) is 10.3. The number of aromatic nitrogens is 3. The molecule has 5 nitrogen and oxygen atoms in total. The van der Waals surface area contributed by atoms with Crippen molar-refractivity contribution in [3.05, 3.63) is 53.7 Å². The maximum atomic E-state index is 5.83. The average molecular weight is 276 g/mol. The Morgan fingerprint density at radius 2 is 2.00 bits per heavy atom. The molecule has 0 aliphatic heterocycles. The Hall–Kier alpha value is -2.14. The van der Waals surface area contributed by atoms with Gasteiger partial charge in [-0.25, -0.2) is 0 Å². The van der Waals surface area contributed by atoms with Crippen LogP contribution in [0.1, 0.15) is 5.56 Å². The largest absolute Gasteiger partial charge is 0.365 e. The molecule has 6 heteroatoms. The molecule has 0 saturated heterocycles. The van der Waals surface area contributed by atoms with Crippen molar-refractivity contribution in [2.45, 2.75) is 6.54 Å². The van der Waals surface area contributed by atoms with Crippen molar-refractivity contribution >= 4 is 23.4 Å². The van der Waals surface area contributed by atoms with E-state index in [9.17, 15) is 0 Å². The van der Waals surface area contributed by atoms with Gasteiger partial charge < -0.3 is 10.6 Å². The van der Waals surface area contributed by atoms with Gasteiger partial charge in [-0.05, 0) is 17.7 Å². The fraction of sp³-hybridized carbons (Fsp3) is 0.154. The first kappa shape index (κ1) is 13.3. The maximum absolute atomic E-state index is 5.83. The molecule has 0 radical (unpaired) electrons. The van der Waals surface area contributed by atoms with Crippen LogP contribution in [0.25, 0.3) is 0 Å². The summed E-state index contributed by atoms with van der Waals surface area (Å²) in [5.74, 6) is 1.14. The molecule has 2 rings (SSSR count). The number of anilines is 2. The van der Waals surface area contributed by atoms with Crippen LogP contribution in [0.3, 0.4) is 0 Å². The molecular formula is C13H14ClN5. The topological polar surface area (TPSA) is 62.7 Å². The maximum Gasteiger partial charge on any atom is 0.244 e. The molecule has 0 spiro atoms. The highest BCUT2D eigenvalue weighted by Gasteiger charge is 2.00. The van der Waals surface area contributed by atoms with Gasteiger partial charge in [-0.1, -0.05) is 29.8 Å². The second-order valence-electron chi connectivity index (χ2n) is 3.81. The van der Waals surface area contributed by atoms with E-state index in [1.54, 1.807) is 12.3 Å².